The molecule has 1 aliphatic heterocycles. The van der Waals surface area contributed by atoms with Gasteiger partial charge in [-0.05, 0) is 47.7 Å². The topological polar surface area (TPSA) is 58.6 Å². The SMILES string of the molecule is CCCN1C(=O)/C(=C/c2ccc(OCC(=O)Nc3ccccc3C(C)C)cc2)SC1=S. The maximum atomic E-state index is 12.5. The molecule has 2 amide bonds. The van der Waals surface area contributed by atoms with E-state index in [1.54, 1.807) is 17.0 Å². The van der Waals surface area contributed by atoms with Gasteiger partial charge in [0.1, 0.15) is 10.1 Å². The van der Waals surface area contributed by atoms with Gasteiger partial charge in [0.2, 0.25) is 0 Å². The lowest BCUT2D eigenvalue weighted by Gasteiger charge is -2.14. The van der Waals surface area contributed by atoms with E-state index in [0.717, 1.165) is 23.2 Å². The van der Waals surface area contributed by atoms with Gasteiger partial charge >= 0.3 is 0 Å². The van der Waals surface area contributed by atoms with E-state index in [1.807, 2.05) is 49.4 Å². The van der Waals surface area contributed by atoms with Gasteiger partial charge in [0.25, 0.3) is 11.8 Å². The van der Waals surface area contributed by atoms with Crippen molar-refractivity contribution >= 4 is 51.9 Å². The van der Waals surface area contributed by atoms with E-state index < -0.39 is 0 Å². The zero-order valence-electron chi connectivity index (χ0n) is 17.9. The van der Waals surface area contributed by atoms with Crippen LogP contribution >= 0.6 is 24.0 Å². The third kappa shape index (κ3) is 5.95. The van der Waals surface area contributed by atoms with Crippen LogP contribution in [0.2, 0.25) is 0 Å². The van der Waals surface area contributed by atoms with E-state index in [-0.39, 0.29) is 18.4 Å². The van der Waals surface area contributed by atoms with Crippen LogP contribution in [-0.4, -0.2) is 34.2 Å². The monoisotopic (exact) mass is 454 g/mol. The molecule has 2 aromatic rings. The minimum Gasteiger partial charge on any atom is -0.484 e. The van der Waals surface area contributed by atoms with Crippen molar-refractivity contribution in [2.75, 3.05) is 18.5 Å². The number of nitrogens with one attached hydrogen (secondary N) is 1. The number of benzene rings is 2. The highest BCUT2D eigenvalue weighted by molar-refractivity contribution is 8.26. The number of ether oxygens (including phenoxy) is 1. The lowest BCUT2D eigenvalue weighted by Crippen LogP contribution is -2.28. The highest BCUT2D eigenvalue weighted by atomic mass is 32.2. The molecule has 0 atom stereocenters. The number of nitrogens with zero attached hydrogens (tertiary/aromatic N) is 1. The average molecular weight is 455 g/mol. The van der Waals surface area contributed by atoms with E-state index in [4.69, 9.17) is 17.0 Å². The summed E-state index contributed by atoms with van der Waals surface area (Å²) in [7, 11) is 0. The van der Waals surface area contributed by atoms with Crippen LogP contribution in [0.5, 0.6) is 5.75 Å². The fraction of sp³-hybridized carbons (Fsp3) is 0.292. The van der Waals surface area contributed by atoms with Gasteiger partial charge in [-0.3, -0.25) is 14.5 Å². The predicted octanol–water partition coefficient (Wildman–Crippen LogP) is 5.44. The van der Waals surface area contributed by atoms with E-state index in [1.165, 1.54) is 11.8 Å². The zero-order chi connectivity index (χ0) is 22.4. The zero-order valence-corrected chi connectivity index (χ0v) is 19.5. The minimum absolute atomic E-state index is 0.0458. The van der Waals surface area contributed by atoms with Crippen molar-refractivity contribution in [3.05, 3.63) is 64.6 Å². The van der Waals surface area contributed by atoms with Crippen LogP contribution < -0.4 is 10.1 Å². The van der Waals surface area contributed by atoms with Crippen LogP contribution in [0, 0.1) is 0 Å². The average Bonchev–Trinajstić information content (AvgIpc) is 3.01. The summed E-state index contributed by atoms with van der Waals surface area (Å²) >= 11 is 6.62. The number of carbonyl (C=O) groups excluding carboxylic acids is 2. The van der Waals surface area contributed by atoms with Gasteiger partial charge in [-0.25, -0.2) is 0 Å². The van der Waals surface area contributed by atoms with Crippen LogP contribution in [0.15, 0.2) is 53.4 Å². The predicted molar refractivity (Wildman–Crippen MR) is 131 cm³/mol. The molecule has 1 saturated heterocycles. The van der Waals surface area contributed by atoms with Crippen LogP contribution in [0.3, 0.4) is 0 Å². The first-order valence-corrected chi connectivity index (χ1v) is 11.5. The van der Waals surface area contributed by atoms with Crippen molar-refractivity contribution in [3.8, 4) is 5.75 Å². The Balaban J connectivity index is 1.57. The molecule has 1 heterocycles. The van der Waals surface area contributed by atoms with Gasteiger partial charge in [-0.1, -0.05) is 75.1 Å². The minimum atomic E-state index is -0.211. The first kappa shape index (κ1) is 23.0. The normalized spacial score (nSPS) is 15.1. The van der Waals surface area contributed by atoms with Gasteiger partial charge in [-0.2, -0.15) is 0 Å². The molecule has 1 aliphatic rings. The molecule has 5 nitrogen and oxygen atoms in total. The van der Waals surface area contributed by atoms with E-state index in [2.05, 4.69) is 19.2 Å². The number of thioether (sulfide) groups is 1. The fourth-order valence-corrected chi connectivity index (χ4v) is 4.49. The molecule has 3 rings (SSSR count). The fourth-order valence-electron chi connectivity index (χ4n) is 3.18. The Morgan fingerprint density at radius 1 is 1.19 bits per heavy atom. The Labute approximate surface area is 192 Å². The summed E-state index contributed by atoms with van der Waals surface area (Å²) in [6, 6.07) is 15.0. The molecular formula is C24H26N2O3S2. The van der Waals surface area contributed by atoms with Crippen molar-refractivity contribution in [1.82, 2.24) is 4.90 Å². The van der Waals surface area contributed by atoms with E-state index in [9.17, 15) is 9.59 Å². The Bertz CT molecular complexity index is 1000. The van der Waals surface area contributed by atoms with Gasteiger partial charge in [-0.15, -0.1) is 0 Å². The molecule has 0 saturated carbocycles. The second kappa shape index (κ2) is 10.6. The maximum absolute atomic E-state index is 12.5. The Hall–Kier alpha value is -2.64. The number of rotatable bonds is 8. The van der Waals surface area contributed by atoms with Crippen molar-refractivity contribution in [1.29, 1.82) is 0 Å². The van der Waals surface area contributed by atoms with Crippen LogP contribution in [0.1, 0.15) is 44.2 Å². The summed E-state index contributed by atoms with van der Waals surface area (Å²) in [6.07, 6.45) is 2.69. The summed E-state index contributed by atoms with van der Waals surface area (Å²) < 4.78 is 6.22. The third-order valence-electron chi connectivity index (χ3n) is 4.73. The molecule has 0 radical (unpaired) electrons. The molecule has 2 aromatic carbocycles. The largest absolute Gasteiger partial charge is 0.484 e. The van der Waals surface area contributed by atoms with Crippen LogP contribution in [-0.2, 0) is 9.59 Å². The molecule has 31 heavy (non-hydrogen) atoms. The number of para-hydroxylation sites is 1. The summed E-state index contributed by atoms with van der Waals surface area (Å²) in [5.74, 6) is 0.641. The van der Waals surface area contributed by atoms with Crippen LogP contribution in [0.4, 0.5) is 5.69 Å². The Morgan fingerprint density at radius 2 is 1.90 bits per heavy atom. The van der Waals surface area contributed by atoms with Gasteiger partial charge < -0.3 is 10.1 Å². The molecule has 0 aliphatic carbocycles. The number of amides is 2. The number of hydrogen-bond acceptors (Lipinski definition) is 5. The lowest BCUT2D eigenvalue weighted by atomic mass is 10.0. The van der Waals surface area contributed by atoms with Crippen molar-refractivity contribution in [2.45, 2.75) is 33.1 Å². The van der Waals surface area contributed by atoms with Crippen molar-refractivity contribution < 1.29 is 14.3 Å². The molecule has 7 heteroatoms. The molecule has 1 N–H and O–H groups in total. The first-order valence-electron chi connectivity index (χ1n) is 10.3. The molecule has 0 spiro atoms. The number of anilines is 1. The second-order valence-corrected chi connectivity index (χ2v) is 9.16. The second-order valence-electron chi connectivity index (χ2n) is 7.48. The van der Waals surface area contributed by atoms with Crippen LogP contribution in [0.25, 0.3) is 6.08 Å². The van der Waals surface area contributed by atoms with E-state index in [0.29, 0.717) is 27.4 Å². The highest BCUT2D eigenvalue weighted by Gasteiger charge is 2.31. The highest BCUT2D eigenvalue weighted by Crippen LogP contribution is 2.32. The summed E-state index contributed by atoms with van der Waals surface area (Å²) in [6.45, 7) is 6.75. The lowest BCUT2D eigenvalue weighted by molar-refractivity contribution is -0.122. The molecular weight excluding hydrogens is 428 g/mol. The maximum Gasteiger partial charge on any atom is 0.266 e. The summed E-state index contributed by atoms with van der Waals surface area (Å²) in [4.78, 5) is 27.0. The molecule has 1 fully saturated rings. The Morgan fingerprint density at radius 3 is 2.58 bits per heavy atom. The first-order chi connectivity index (χ1) is 14.9. The molecule has 162 valence electrons. The molecule has 0 aromatic heterocycles. The van der Waals surface area contributed by atoms with Crippen molar-refractivity contribution in [2.24, 2.45) is 0 Å². The van der Waals surface area contributed by atoms with Gasteiger partial charge in [0, 0.05) is 12.2 Å². The third-order valence-corrected chi connectivity index (χ3v) is 6.10. The number of hydrogen-bond donors (Lipinski definition) is 1. The molecule has 0 unspecified atom stereocenters. The summed E-state index contributed by atoms with van der Waals surface area (Å²) in [5, 5.41) is 2.91. The molecule has 0 bridgehead atoms. The quantitative estimate of drug-likeness (QED) is 0.425. The van der Waals surface area contributed by atoms with Gasteiger partial charge in [0.05, 0.1) is 4.91 Å². The number of thiocarbonyl (C=S) groups is 1. The van der Waals surface area contributed by atoms with Crippen molar-refractivity contribution in [3.63, 3.8) is 0 Å². The smallest absolute Gasteiger partial charge is 0.266 e. The summed E-state index contributed by atoms with van der Waals surface area (Å²) in [5.41, 5.74) is 2.77. The standard InChI is InChI=1S/C24H26N2O3S2/c1-4-13-26-23(28)21(31-24(26)30)14-17-9-11-18(12-10-17)29-15-22(27)25-20-8-6-5-7-19(20)16(2)3/h5-12,14,16H,4,13,15H2,1-3H3,(H,25,27)/b21-14-. The number of carbonyl (C=O) groups is 2. The van der Waals surface area contributed by atoms with Gasteiger partial charge in [0.15, 0.2) is 6.61 Å². The van der Waals surface area contributed by atoms with E-state index >= 15 is 0 Å². The Kier molecular flexibility index (Phi) is 7.87.